The summed E-state index contributed by atoms with van der Waals surface area (Å²) in [7, 11) is 1.49. The lowest BCUT2D eigenvalue weighted by Crippen LogP contribution is -2.43. The van der Waals surface area contributed by atoms with Crippen LogP contribution in [0, 0.1) is 0 Å². The van der Waals surface area contributed by atoms with Crippen LogP contribution < -0.4 is 14.8 Å². The van der Waals surface area contributed by atoms with E-state index < -0.39 is 0 Å². The molecule has 0 radical (unpaired) electrons. The van der Waals surface area contributed by atoms with E-state index >= 15 is 0 Å². The summed E-state index contributed by atoms with van der Waals surface area (Å²) in [5, 5.41) is 3.92. The van der Waals surface area contributed by atoms with Crippen molar-refractivity contribution in [1.82, 2.24) is 10.2 Å². The molecule has 1 aliphatic rings. The molecule has 1 fully saturated rings. The van der Waals surface area contributed by atoms with Gasteiger partial charge in [0.1, 0.15) is 11.3 Å². The van der Waals surface area contributed by atoms with Crippen molar-refractivity contribution >= 4 is 22.8 Å². The second-order valence-corrected chi connectivity index (χ2v) is 7.53. The predicted molar refractivity (Wildman–Crippen MR) is 118 cm³/mol. The number of hydrogen-bond donors (Lipinski definition) is 1. The summed E-state index contributed by atoms with van der Waals surface area (Å²) in [5.74, 6) is 1.07. The second kappa shape index (κ2) is 9.74. The fourth-order valence-corrected chi connectivity index (χ4v) is 3.54. The van der Waals surface area contributed by atoms with Crippen molar-refractivity contribution in [3.05, 3.63) is 59.9 Å². The van der Waals surface area contributed by atoms with Gasteiger partial charge in [0, 0.05) is 24.0 Å². The standard InChI is InChI=1S/C24H26N2O6/c1-16(21-13-17-5-3-4-6-19(17)32-21)25-24(28)18-7-8-20(22(14-18)29-2)31-15-23(27)26-9-11-30-12-10-26/h3-8,13-14,16H,9-12,15H2,1-2H3,(H,25,28). The number of rotatable bonds is 7. The van der Waals surface area contributed by atoms with E-state index in [1.54, 1.807) is 23.1 Å². The van der Waals surface area contributed by atoms with Crippen molar-refractivity contribution in [2.24, 2.45) is 0 Å². The van der Waals surface area contributed by atoms with E-state index in [2.05, 4.69) is 5.32 Å². The Kier molecular flexibility index (Phi) is 6.61. The Morgan fingerprint density at radius 1 is 1.09 bits per heavy atom. The van der Waals surface area contributed by atoms with Crippen LogP contribution in [0.15, 0.2) is 52.9 Å². The molecule has 1 unspecified atom stereocenters. The first kappa shape index (κ1) is 21.7. The maximum absolute atomic E-state index is 12.8. The number of para-hydroxylation sites is 1. The van der Waals surface area contributed by atoms with Gasteiger partial charge in [0.15, 0.2) is 18.1 Å². The summed E-state index contributed by atoms with van der Waals surface area (Å²) in [5.41, 5.74) is 1.19. The fourth-order valence-electron chi connectivity index (χ4n) is 3.54. The molecule has 1 atom stereocenters. The van der Waals surface area contributed by atoms with Gasteiger partial charge in [-0.1, -0.05) is 18.2 Å². The molecule has 8 heteroatoms. The molecule has 1 aliphatic heterocycles. The molecule has 1 saturated heterocycles. The normalized spacial score (nSPS) is 14.8. The Morgan fingerprint density at radius 2 is 1.88 bits per heavy atom. The molecule has 2 aromatic carbocycles. The quantitative estimate of drug-likeness (QED) is 0.609. The number of hydrogen-bond acceptors (Lipinski definition) is 6. The zero-order chi connectivity index (χ0) is 22.5. The van der Waals surface area contributed by atoms with Gasteiger partial charge in [-0.3, -0.25) is 9.59 Å². The van der Waals surface area contributed by atoms with Gasteiger partial charge in [0.05, 0.1) is 26.4 Å². The van der Waals surface area contributed by atoms with E-state index in [0.29, 0.717) is 49.1 Å². The third-order valence-corrected chi connectivity index (χ3v) is 5.36. The first-order valence-corrected chi connectivity index (χ1v) is 10.5. The monoisotopic (exact) mass is 438 g/mol. The molecule has 0 saturated carbocycles. The zero-order valence-electron chi connectivity index (χ0n) is 18.1. The zero-order valence-corrected chi connectivity index (χ0v) is 18.1. The number of carbonyl (C=O) groups is 2. The van der Waals surface area contributed by atoms with Gasteiger partial charge in [-0.15, -0.1) is 0 Å². The summed E-state index contributed by atoms with van der Waals surface area (Å²) in [6.45, 7) is 3.94. The molecule has 0 aliphatic carbocycles. The first-order valence-electron chi connectivity index (χ1n) is 10.5. The van der Waals surface area contributed by atoms with E-state index in [1.165, 1.54) is 7.11 Å². The summed E-state index contributed by atoms with van der Waals surface area (Å²) in [6.07, 6.45) is 0. The maximum Gasteiger partial charge on any atom is 0.260 e. The molecule has 1 aromatic heterocycles. The smallest absolute Gasteiger partial charge is 0.260 e. The van der Waals surface area contributed by atoms with Crippen molar-refractivity contribution in [3.8, 4) is 11.5 Å². The van der Waals surface area contributed by atoms with Gasteiger partial charge < -0.3 is 28.8 Å². The van der Waals surface area contributed by atoms with E-state index in [4.69, 9.17) is 18.6 Å². The Bertz CT molecular complexity index is 1070. The highest BCUT2D eigenvalue weighted by Gasteiger charge is 2.20. The summed E-state index contributed by atoms with van der Waals surface area (Å²) in [6, 6.07) is 14.2. The number of ether oxygens (including phenoxy) is 3. The lowest BCUT2D eigenvalue weighted by atomic mass is 10.1. The molecular formula is C24H26N2O6. The van der Waals surface area contributed by atoms with E-state index in [0.717, 1.165) is 11.0 Å². The van der Waals surface area contributed by atoms with Gasteiger partial charge in [0.2, 0.25) is 0 Å². The van der Waals surface area contributed by atoms with Gasteiger partial charge in [0.25, 0.3) is 11.8 Å². The number of fused-ring (bicyclic) bond motifs is 1. The van der Waals surface area contributed by atoms with Crippen LogP contribution >= 0.6 is 0 Å². The Labute approximate surface area is 186 Å². The topological polar surface area (TPSA) is 90.2 Å². The van der Waals surface area contributed by atoms with Crippen LogP contribution in [0.3, 0.4) is 0 Å². The van der Waals surface area contributed by atoms with Gasteiger partial charge in [-0.05, 0) is 37.3 Å². The molecule has 0 spiro atoms. The van der Waals surface area contributed by atoms with Crippen LogP contribution in [0.4, 0.5) is 0 Å². The fraction of sp³-hybridized carbons (Fsp3) is 0.333. The van der Waals surface area contributed by atoms with Crippen molar-refractivity contribution in [2.45, 2.75) is 13.0 Å². The van der Waals surface area contributed by atoms with Gasteiger partial charge in [-0.2, -0.15) is 0 Å². The van der Waals surface area contributed by atoms with Crippen LogP contribution in [0.1, 0.15) is 29.1 Å². The predicted octanol–water partition coefficient (Wildman–Crippen LogP) is 3.17. The number of methoxy groups -OCH3 is 1. The van der Waals surface area contributed by atoms with Gasteiger partial charge >= 0.3 is 0 Å². The average Bonchev–Trinajstić information content (AvgIpc) is 3.27. The summed E-state index contributed by atoms with van der Waals surface area (Å²) in [4.78, 5) is 26.8. The number of benzene rings is 2. The van der Waals surface area contributed by atoms with Crippen LogP contribution in [-0.4, -0.2) is 56.7 Å². The Morgan fingerprint density at radius 3 is 2.62 bits per heavy atom. The number of carbonyl (C=O) groups excluding carboxylic acids is 2. The van der Waals surface area contributed by atoms with Crippen molar-refractivity contribution in [3.63, 3.8) is 0 Å². The third-order valence-electron chi connectivity index (χ3n) is 5.36. The van der Waals surface area contributed by atoms with Crippen LogP contribution in [0.5, 0.6) is 11.5 Å². The molecule has 2 amide bonds. The molecular weight excluding hydrogens is 412 g/mol. The molecule has 8 nitrogen and oxygen atoms in total. The SMILES string of the molecule is COc1cc(C(=O)NC(C)c2cc3ccccc3o2)ccc1OCC(=O)N1CCOCC1. The van der Waals surface area contributed by atoms with Crippen molar-refractivity contribution < 1.29 is 28.2 Å². The van der Waals surface area contributed by atoms with E-state index in [9.17, 15) is 9.59 Å². The number of amides is 2. The number of nitrogens with one attached hydrogen (secondary N) is 1. The van der Waals surface area contributed by atoms with Crippen molar-refractivity contribution in [2.75, 3.05) is 40.0 Å². The summed E-state index contributed by atoms with van der Waals surface area (Å²) >= 11 is 0. The lowest BCUT2D eigenvalue weighted by Gasteiger charge is -2.26. The number of morpholine rings is 1. The molecule has 1 N–H and O–H groups in total. The molecule has 168 valence electrons. The lowest BCUT2D eigenvalue weighted by molar-refractivity contribution is -0.137. The van der Waals surface area contributed by atoms with Crippen LogP contribution in [0.25, 0.3) is 11.0 Å². The van der Waals surface area contributed by atoms with E-state index in [1.807, 2.05) is 37.3 Å². The van der Waals surface area contributed by atoms with Crippen molar-refractivity contribution in [1.29, 1.82) is 0 Å². The molecule has 32 heavy (non-hydrogen) atoms. The highest BCUT2D eigenvalue weighted by molar-refractivity contribution is 5.95. The Balaban J connectivity index is 1.39. The molecule has 3 aromatic rings. The minimum atomic E-state index is -0.317. The van der Waals surface area contributed by atoms with Crippen LogP contribution in [-0.2, 0) is 9.53 Å². The molecule has 4 rings (SSSR count). The largest absolute Gasteiger partial charge is 0.493 e. The molecule has 2 heterocycles. The first-order chi connectivity index (χ1) is 15.5. The average molecular weight is 438 g/mol. The van der Waals surface area contributed by atoms with E-state index in [-0.39, 0.29) is 24.5 Å². The maximum atomic E-state index is 12.8. The number of furan rings is 1. The highest BCUT2D eigenvalue weighted by Crippen LogP contribution is 2.29. The van der Waals surface area contributed by atoms with Gasteiger partial charge in [-0.25, -0.2) is 0 Å². The Hall–Kier alpha value is -3.52. The minimum Gasteiger partial charge on any atom is -0.493 e. The third kappa shape index (κ3) is 4.86. The summed E-state index contributed by atoms with van der Waals surface area (Å²) < 4.78 is 22.1. The van der Waals surface area contributed by atoms with Crippen LogP contribution in [0.2, 0.25) is 0 Å². The highest BCUT2D eigenvalue weighted by atomic mass is 16.5. The minimum absolute atomic E-state index is 0.106. The number of nitrogens with zero attached hydrogens (tertiary/aromatic N) is 1. The molecule has 0 bridgehead atoms. The second-order valence-electron chi connectivity index (χ2n) is 7.53.